The largest absolute Gasteiger partial charge is 0.451 e. The third kappa shape index (κ3) is 5.67. The highest BCUT2D eigenvalue weighted by Crippen LogP contribution is 2.27. The summed E-state index contributed by atoms with van der Waals surface area (Å²) in [6, 6.07) is 19.0. The molecule has 2 N–H and O–H groups in total. The highest BCUT2D eigenvalue weighted by Gasteiger charge is 2.17. The summed E-state index contributed by atoms with van der Waals surface area (Å²) in [5, 5.41) is 12.5. The molecule has 0 spiro atoms. The van der Waals surface area contributed by atoms with Gasteiger partial charge in [0.25, 0.3) is 5.91 Å². The zero-order chi connectivity index (χ0) is 24.1. The molecule has 2 aromatic carbocycles. The molecule has 0 unspecified atom stereocenters. The van der Waals surface area contributed by atoms with Crippen molar-refractivity contribution in [3.8, 4) is 11.3 Å². The van der Waals surface area contributed by atoms with Crippen LogP contribution in [0.5, 0.6) is 0 Å². The molecule has 0 aliphatic heterocycles. The van der Waals surface area contributed by atoms with Crippen molar-refractivity contribution in [2.45, 2.75) is 31.2 Å². The number of amides is 1. The lowest BCUT2D eigenvalue weighted by molar-refractivity contribution is 0.0951. The van der Waals surface area contributed by atoms with Gasteiger partial charge >= 0.3 is 0 Å². The van der Waals surface area contributed by atoms with Crippen LogP contribution in [0.2, 0.25) is 5.02 Å². The molecule has 0 saturated carbocycles. The van der Waals surface area contributed by atoms with Crippen molar-refractivity contribution in [1.29, 1.82) is 0 Å². The van der Waals surface area contributed by atoms with Gasteiger partial charge in [-0.1, -0.05) is 72.8 Å². The topological polar surface area (TPSA) is 85.0 Å². The average molecular weight is 512 g/mol. The number of hydrogen-bond donors (Lipinski definition) is 2. The number of nitrogens with one attached hydrogen (secondary N) is 2. The Hall–Kier alpha value is -3.14. The van der Waals surface area contributed by atoms with E-state index in [-0.39, 0.29) is 10.9 Å². The molecule has 0 aliphatic rings. The van der Waals surface area contributed by atoms with Crippen LogP contribution in [0.25, 0.3) is 11.3 Å². The second-order valence-corrected chi connectivity index (χ2v) is 9.14. The van der Waals surface area contributed by atoms with E-state index in [1.807, 2.05) is 44.2 Å². The Morgan fingerprint density at radius 3 is 2.68 bits per heavy atom. The predicted molar refractivity (Wildman–Crippen MR) is 139 cm³/mol. The SMILES string of the molecule is CCc1nnc(SCc2ccccc2)n1NC(=S)NC(=O)c1ccc(-c2ccc(C)c(Cl)c2)o1. The summed E-state index contributed by atoms with van der Waals surface area (Å²) in [5.74, 6) is 1.63. The number of halogens is 1. The van der Waals surface area contributed by atoms with Gasteiger partial charge in [-0.15, -0.1) is 10.2 Å². The van der Waals surface area contributed by atoms with Crippen LogP contribution in [0.1, 0.15) is 34.4 Å². The fourth-order valence-electron chi connectivity index (χ4n) is 3.11. The monoisotopic (exact) mass is 511 g/mol. The van der Waals surface area contributed by atoms with Gasteiger partial charge in [-0.2, -0.15) is 0 Å². The molecule has 0 saturated heterocycles. The minimum Gasteiger partial charge on any atom is -0.451 e. The number of furan rings is 1. The average Bonchev–Trinajstić information content (AvgIpc) is 3.48. The molecular formula is C24H22ClN5O2S2. The van der Waals surface area contributed by atoms with Gasteiger partial charge in [0.15, 0.2) is 16.7 Å². The number of aryl methyl sites for hydroxylation is 2. The number of rotatable bonds is 7. The highest BCUT2D eigenvalue weighted by molar-refractivity contribution is 7.98. The fourth-order valence-corrected chi connectivity index (χ4v) is 4.34. The lowest BCUT2D eigenvalue weighted by atomic mass is 10.1. The quantitative estimate of drug-likeness (QED) is 0.246. The molecule has 10 heteroatoms. The maximum Gasteiger partial charge on any atom is 0.293 e. The van der Waals surface area contributed by atoms with E-state index >= 15 is 0 Å². The van der Waals surface area contributed by atoms with E-state index in [4.69, 9.17) is 28.2 Å². The molecule has 2 heterocycles. The maximum atomic E-state index is 12.7. The molecule has 4 aromatic rings. The van der Waals surface area contributed by atoms with Crippen molar-refractivity contribution in [3.05, 3.63) is 88.4 Å². The van der Waals surface area contributed by atoms with E-state index < -0.39 is 5.91 Å². The smallest absolute Gasteiger partial charge is 0.293 e. The lowest BCUT2D eigenvalue weighted by Crippen LogP contribution is -2.38. The van der Waals surface area contributed by atoms with Crippen molar-refractivity contribution in [2.24, 2.45) is 0 Å². The minimum absolute atomic E-state index is 0.109. The van der Waals surface area contributed by atoms with E-state index in [2.05, 4.69) is 33.1 Å². The molecular weight excluding hydrogens is 490 g/mol. The molecule has 34 heavy (non-hydrogen) atoms. The fraction of sp³-hybridized carbons (Fsp3) is 0.167. The highest BCUT2D eigenvalue weighted by atomic mass is 35.5. The van der Waals surface area contributed by atoms with Crippen LogP contribution in [-0.4, -0.2) is 25.9 Å². The number of aromatic nitrogens is 3. The Kier molecular flexibility index (Phi) is 7.66. The molecule has 0 atom stereocenters. The zero-order valence-corrected chi connectivity index (χ0v) is 20.9. The summed E-state index contributed by atoms with van der Waals surface area (Å²) >= 11 is 13.1. The van der Waals surface area contributed by atoms with Gasteiger partial charge in [0.2, 0.25) is 5.16 Å². The summed E-state index contributed by atoms with van der Waals surface area (Å²) in [4.78, 5) is 12.7. The maximum absolute atomic E-state index is 12.7. The number of carbonyl (C=O) groups is 1. The standard InChI is InChI=1S/C24H22ClN5O2S2/c1-3-21-27-28-24(34-14-16-7-5-4-6-8-16)30(21)29-23(33)26-22(31)20-12-11-19(32-20)17-10-9-15(2)18(25)13-17/h4-13H,3,14H2,1-2H3,(H2,26,29,31,33). The number of carbonyl (C=O) groups excluding carboxylic acids is 1. The first-order chi connectivity index (χ1) is 16.4. The number of hydrogen-bond acceptors (Lipinski definition) is 6. The summed E-state index contributed by atoms with van der Waals surface area (Å²) in [7, 11) is 0. The molecule has 0 radical (unpaired) electrons. The molecule has 0 bridgehead atoms. The van der Waals surface area contributed by atoms with Gasteiger partial charge in [-0.3, -0.25) is 15.5 Å². The first-order valence-corrected chi connectivity index (χ1v) is 12.3. The molecule has 0 aliphatic carbocycles. The molecule has 4 rings (SSSR count). The van der Waals surface area contributed by atoms with E-state index in [1.165, 1.54) is 17.3 Å². The van der Waals surface area contributed by atoms with Gasteiger partial charge < -0.3 is 4.42 Å². The summed E-state index contributed by atoms with van der Waals surface area (Å²) in [6.07, 6.45) is 0.642. The summed E-state index contributed by atoms with van der Waals surface area (Å²) in [5.41, 5.74) is 5.93. The molecule has 2 aromatic heterocycles. The lowest BCUT2D eigenvalue weighted by Gasteiger charge is -2.13. The molecule has 0 fully saturated rings. The second kappa shape index (κ2) is 10.9. The van der Waals surface area contributed by atoms with Gasteiger partial charge in [-0.05, 0) is 48.5 Å². The van der Waals surface area contributed by atoms with Crippen molar-refractivity contribution in [2.75, 3.05) is 5.43 Å². The number of nitrogens with zero attached hydrogens (tertiary/aromatic N) is 3. The van der Waals surface area contributed by atoms with Crippen LogP contribution < -0.4 is 10.7 Å². The number of benzene rings is 2. The van der Waals surface area contributed by atoms with Crippen LogP contribution in [0.3, 0.4) is 0 Å². The Bertz CT molecular complexity index is 1320. The third-order valence-electron chi connectivity index (χ3n) is 4.95. The number of thiocarbonyl (C=S) groups is 1. The van der Waals surface area contributed by atoms with Crippen LogP contribution in [-0.2, 0) is 12.2 Å². The normalized spacial score (nSPS) is 10.8. The molecule has 7 nitrogen and oxygen atoms in total. The number of thioether (sulfide) groups is 1. The van der Waals surface area contributed by atoms with Crippen molar-refractivity contribution in [1.82, 2.24) is 20.2 Å². The van der Waals surface area contributed by atoms with Crippen molar-refractivity contribution < 1.29 is 9.21 Å². The second-order valence-electron chi connectivity index (χ2n) is 7.38. The predicted octanol–water partition coefficient (Wildman–Crippen LogP) is 5.61. The van der Waals surface area contributed by atoms with Gasteiger partial charge in [-0.25, -0.2) is 4.68 Å². The first-order valence-electron chi connectivity index (χ1n) is 10.5. The summed E-state index contributed by atoms with van der Waals surface area (Å²) in [6.45, 7) is 3.89. The van der Waals surface area contributed by atoms with Crippen molar-refractivity contribution in [3.63, 3.8) is 0 Å². The van der Waals surface area contributed by atoms with Crippen LogP contribution >= 0.6 is 35.6 Å². The van der Waals surface area contributed by atoms with E-state index in [0.29, 0.717) is 28.2 Å². The Labute approximate surface area is 211 Å². The van der Waals surface area contributed by atoms with E-state index in [0.717, 1.165) is 16.9 Å². The van der Waals surface area contributed by atoms with E-state index in [1.54, 1.807) is 22.9 Å². The first kappa shape index (κ1) is 24.0. The molecule has 174 valence electrons. The van der Waals surface area contributed by atoms with Crippen molar-refractivity contribution >= 4 is 46.6 Å². The Morgan fingerprint density at radius 1 is 1.15 bits per heavy atom. The third-order valence-corrected chi connectivity index (χ3v) is 6.55. The van der Waals surface area contributed by atoms with Crippen LogP contribution in [0, 0.1) is 6.92 Å². The molecule has 1 amide bonds. The van der Waals surface area contributed by atoms with Gasteiger partial charge in [0.05, 0.1) is 0 Å². The van der Waals surface area contributed by atoms with Gasteiger partial charge in [0, 0.05) is 22.8 Å². The van der Waals surface area contributed by atoms with Gasteiger partial charge in [0.1, 0.15) is 5.76 Å². The Balaban J connectivity index is 1.41. The van der Waals surface area contributed by atoms with Crippen LogP contribution in [0.15, 0.2) is 70.2 Å². The van der Waals surface area contributed by atoms with E-state index in [9.17, 15) is 4.79 Å². The van der Waals surface area contributed by atoms with Crippen LogP contribution in [0.4, 0.5) is 0 Å². The summed E-state index contributed by atoms with van der Waals surface area (Å²) < 4.78 is 7.42. The zero-order valence-electron chi connectivity index (χ0n) is 18.5. The Morgan fingerprint density at radius 2 is 1.94 bits per heavy atom. The minimum atomic E-state index is -0.466.